The normalized spacial score (nSPS) is 16.6. The second-order valence-electron chi connectivity index (χ2n) is 2.75. The van der Waals surface area contributed by atoms with Crippen LogP contribution in [-0.2, 0) is 0 Å². The number of nitro groups is 1. The molecule has 1 saturated heterocycles. The Morgan fingerprint density at radius 3 is 2.92 bits per heavy atom. The van der Waals surface area contributed by atoms with Gasteiger partial charge in [0, 0.05) is 13.1 Å². The third-order valence-electron chi connectivity index (χ3n) is 1.77. The van der Waals surface area contributed by atoms with E-state index in [9.17, 15) is 10.1 Å². The molecule has 1 aromatic heterocycles. The summed E-state index contributed by atoms with van der Waals surface area (Å²) in [5.74, 6) is 0.125. The van der Waals surface area contributed by atoms with Crippen LogP contribution in [0.15, 0.2) is 6.07 Å². The molecule has 7 heteroatoms. The Balaban J connectivity index is 2.00. The number of H-pyrrole nitrogens is 1. The fourth-order valence-electron chi connectivity index (χ4n) is 0.964. The third kappa shape index (κ3) is 1.59. The van der Waals surface area contributed by atoms with Crippen molar-refractivity contribution in [3.8, 4) is 5.88 Å². The Kier molecular flexibility index (Phi) is 1.85. The summed E-state index contributed by atoms with van der Waals surface area (Å²) in [5, 5.41) is 19.2. The van der Waals surface area contributed by atoms with Gasteiger partial charge in [-0.1, -0.05) is 0 Å². The number of nitrogens with one attached hydrogen (secondary N) is 2. The molecule has 2 heterocycles. The number of hydrogen-bond acceptors (Lipinski definition) is 5. The van der Waals surface area contributed by atoms with Gasteiger partial charge in [-0.3, -0.25) is 0 Å². The summed E-state index contributed by atoms with van der Waals surface area (Å²) in [7, 11) is 0. The van der Waals surface area contributed by atoms with E-state index in [1.807, 2.05) is 0 Å². The molecule has 1 aliphatic rings. The summed E-state index contributed by atoms with van der Waals surface area (Å²) < 4.78 is 5.27. The molecule has 1 aromatic rings. The van der Waals surface area contributed by atoms with Crippen LogP contribution in [-0.4, -0.2) is 34.3 Å². The molecule has 0 atom stereocenters. The minimum absolute atomic E-state index is 0.0860. The quantitative estimate of drug-likeness (QED) is 0.495. The standard InChI is InChI=1S/C6H8N4O3/c11-10(12)5-1-6(9-8-5)13-4-2-7-3-4/h1,4,7H,2-3H2,(H,8,9). The molecule has 0 unspecified atom stereocenters. The first kappa shape index (κ1) is 7.99. The van der Waals surface area contributed by atoms with Crippen molar-refractivity contribution >= 4 is 5.82 Å². The Morgan fingerprint density at radius 2 is 2.46 bits per heavy atom. The van der Waals surface area contributed by atoms with Gasteiger partial charge >= 0.3 is 5.82 Å². The molecule has 2 N–H and O–H groups in total. The highest BCUT2D eigenvalue weighted by atomic mass is 16.6. The summed E-state index contributed by atoms with van der Waals surface area (Å²) in [6.45, 7) is 1.53. The van der Waals surface area contributed by atoms with Crippen LogP contribution in [0.25, 0.3) is 0 Å². The summed E-state index contributed by atoms with van der Waals surface area (Å²) in [6.07, 6.45) is 0.0860. The van der Waals surface area contributed by atoms with Gasteiger partial charge in [-0.2, -0.15) is 0 Å². The topological polar surface area (TPSA) is 93.1 Å². The number of aromatic amines is 1. The van der Waals surface area contributed by atoms with Crippen LogP contribution in [0.5, 0.6) is 5.88 Å². The first-order valence-corrected chi connectivity index (χ1v) is 3.83. The van der Waals surface area contributed by atoms with E-state index in [0.717, 1.165) is 13.1 Å². The monoisotopic (exact) mass is 184 g/mol. The molecule has 0 bridgehead atoms. The third-order valence-corrected chi connectivity index (χ3v) is 1.77. The Bertz CT molecular complexity index is 319. The fourth-order valence-corrected chi connectivity index (χ4v) is 0.964. The lowest BCUT2D eigenvalue weighted by Crippen LogP contribution is -2.50. The van der Waals surface area contributed by atoms with Gasteiger partial charge in [0.15, 0.2) is 0 Å². The second kappa shape index (κ2) is 3.02. The predicted octanol–water partition coefficient (Wildman–Crippen LogP) is -0.332. The van der Waals surface area contributed by atoms with Crippen molar-refractivity contribution in [1.82, 2.24) is 15.5 Å². The van der Waals surface area contributed by atoms with E-state index in [2.05, 4.69) is 15.5 Å². The smallest absolute Gasteiger partial charge is 0.346 e. The van der Waals surface area contributed by atoms with E-state index in [0.29, 0.717) is 0 Å². The largest absolute Gasteiger partial charge is 0.469 e. The highest BCUT2D eigenvalue weighted by Crippen LogP contribution is 2.16. The lowest BCUT2D eigenvalue weighted by atomic mass is 10.2. The molecule has 0 aliphatic carbocycles. The molecular weight excluding hydrogens is 176 g/mol. The van der Waals surface area contributed by atoms with E-state index in [-0.39, 0.29) is 17.8 Å². The van der Waals surface area contributed by atoms with Crippen molar-refractivity contribution in [1.29, 1.82) is 0 Å². The number of ether oxygens (including phenoxy) is 1. The minimum Gasteiger partial charge on any atom is -0.469 e. The van der Waals surface area contributed by atoms with Gasteiger partial charge in [0.25, 0.3) is 5.88 Å². The van der Waals surface area contributed by atoms with Crippen LogP contribution in [0, 0.1) is 10.1 Å². The summed E-state index contributed by atoms with van der Waals surface area (Å²) in [6, 6.07) is 1.28. The zero-order chi connectivity index (χ0) is 9.26. The van der Waals surface area contributed by atoms with Crippen LogP contribution < -0.4 is 10.1 Å². The molecule has 1 fully saturated rings. The van der Waals surface area contributed by atoms with Crippen molar-refractivity contribution in [2.75, 3.05) is 13.1 Å². The summed E-state index contributed by atoms with van der Waals surface area (Å²) >= 11 is 0. The van der Waals surface area contributed by atoms with E-state index in [4.69, 9.17) is 4.74 Å². The van der Waals surface area contributed by atoms with Crippen molar-refractivity contribution in [3.63, 3.8) is 0 Å². The SMILES string of the molecule is O=[N+]([O-])c1cc(OC2CNC2)n[nH]1. The molecule has 0 saturated carbocycles. The maximum atomic E-state index is 10.2. The highest BCUT2D eigenvalue weighted by Gasteiger charge is 2.21. The average Bonchev–Trinajstić information content (AvgIpc) is 2.44. The molecule has 0 radical (unpaired) electrons. The first-order valence-electron chi connectivity index (χ1n) is 3.83. The highest BCUT2D eigenvalue weighted by molar-refractivity contribution is 5.25. The van der Waals surface area contributed by atoms with Crippen molar-refractivity contribution in [2.24, 2.45) is 0 Å². The van der Waals surface area contributed by atoms with Gasteiger partial charge in [0.05, 0.1) is 6.07 Å². The molecule has 70 valence electrons. The predicted molar refractivity (Wildman–Crippen MR) is 42.5 cm³/mol. The van der Waals surface area contributed by atoms with E-state index in [1.54, 1.807) is 0 Å². The minimum atomic E-state index is -0.543. The summed E-state index contributed by atoms with van der Waals surface area (Å²) in [5.41, 5.74) is 0. The van der Waals surface area contributed by atoms with Gasteiger partial charge in [-0.25, -0.2) is 0 Å². The molecule has 0 amide bonds. The fraction of sp³-hybridized carbons (Fsp3) is 0.500. The molecule has 2 rings (SSSR count). The van der Waals surface area contributed by atoms with Crippen molar-refractivity contribution in [2.45, 2.75) is 6.10 Å². The lowest BCUT2D eigenvalue weighted by molar-refractivity contribution is -0.389. The second-order valence-corrected chi connectivity index (χ2v) is 2.75. The average molecular weight is 184 g/mol. The number of aromatic nitrogens is 2. The number of hydrogen-bond donors (Lipinski definition) is 2. The van der Waals surface area contributed by atoms with Crippen LogP contribution in [0.2, 0.25) is 0 Å². The number of nitrogens with zero attached hydrogens (tertiary/aromatic N) is 2. The lowest BCUT2D eigenvalue weighted by Gasteiger charge is -2.26. The van der Waals surface area contributed by atoms with Crippen LogP contribution >= 0.6 is 0 Å². The van der Waals surface area contributed by atoms with Gasteiger partial charge in [0.1, 0.15) is 6.10 Å². The molecule has 13 heavy (non-hydrogen) atoms. The first-order chi connectivity index (χ1) is 6.25. The molecular formula is C6H8N4O3. The molecule has 0 spiro atoms. The van der Waals surface area contributed by atoms with Crippen molar-refractivity contribution < 1.29 is 9.66 Å². The van der Waals surface area contributed by atoms with Gasteiger partial charge in [0.2, 0.25) is 0 Å². The van der Waals surface area contributed by atoms with Crippen LogP contribution in [0.3, 0.4) is 0 Å². The van der Waals surface area contributed by atoms with E-state index in [1.165, 1.54) is 6.07 Å². The molecule has 0 aromatic carbocycles. The Hall–Kier alpha value is -1.63. The molecule has 7 nitrogen and oxygen atoms in total. The maximum absolute atomic E-state index is 10.2. The van der Waals surface area contributed by atoms with Crippen LogP contribution in [0.1, 0.15) is 0 Å². The molecule has 1 aliphatic heterocycles. The van der Waals surface area contributed by atoms with E-state index < -0.39 is 4.92 Å². The zero-order valence-electron chi connectivity index (χ0n) is 6.69. The maximum Gasteiger partial charge on any atom is 0.346 e. The van der Waals surface area contributed by atoms with Crippen LogP contribution in [0.4, 0.5) is 5.82 Å². The zero-order valence-corrected chi connectivity index (χ0v) is 6.69. The Labute approximate surface area is 73.2 Å². The van der Waals surface area contributed by atoms with Gasteiger partial charge in [-0.05, 0) is 10.0 Å². The number of rotatable bonds is 3. The van der Waals surface area contributed by atoms with E-state index >= 15 is 0 Å². The van der Waals surface area contributed by atoms with Crippen molar-refractivity contribution in [3.05, 3.63) is 16.2 Å². The van der Waals surface area contributed by atoms with Gasteiger partial charge < -0.3 is 20.2 Å². The summed E-state index contributed by atoms with van der Waals surface area (Å²) in [4.78, 5) is 9.71. The Morgan fingerprint density at radius 1 is 1.69 bits per heavy atom. The van der Waals surface area contributed by atoms with Gasteiger partial charge in [-0.15, -0.1) is 5.10 Å².